The first-order chi connectivity index (χ1) is 9.09. The highest BCUT2D eigenvalue weighted by Gasteiger charge is 2.30. The van der Waals surface area contributed by atoms with Gasteiger partial charge in [0.2, 0.25) is 10.0 Å². The number of sulfonamides is 1. The average molecular weight is 299 g/mol. The zero-order valence-corrected chi connectivity index (χ0v) is 11.7. The molecular weight excluding hydrogens is 286 g/mol. The number of aliphatic hydroxyl groups is 1. The van der Waals surface area contributed by atoms with Gasteiger partial charge in [-0.15, -0.1) is 0 Å². The first-order valence-corrected chi connectivity index (χ1v) is 8.15. The first-order valence-electron chi connectivity index (χ1n) is 5.98. The van der Waals surface area contributed by atoms with Crippen LogP contribution in [0.2, 0.25) is 0 Å². The quantitative estimate of drug-likeness (QED) is 0.888. The van der Waals surface area contributed by atoms with Gasteiger partial charge in [-0.05, 0) is 25.0 Å². The standard InChI is InChI=1S/C11H13N3O3S2/c15-8-4-6-14(7-5-8)19(16,17)10-3-1-2-9-11(10)13-18-12-9/h1-3,8,15H,4-7H2. The van der Waals surface area contributed by atoms with E-state index >= 15 is 0 Å². The van der Waals surface area contributed by atoms with E-state index in [0.717, 1.165) is 11.7 Å². The molecule has 102 valence electrons. The fourth-order valence-electron chi connectivity index (χ4n) is 2.21. The Morgan fingerprint density at radius 3 is 2.74 bits per heavy atom. The predicted molar refractivity (Wildman–Crippen MR) is 71.4 cm³/mol. The molecule has 0 saturated carbocycles. The minimum absolute atomic E-state index is 0.204. The van der Waals surface area contributed by atoms with Gasteiger partial charge in [0, 0.05) is 13.1 Å². The lowest BCUT2D eigenvalue weighted by atomic mass is 10.1. The van der Waals surface area contributed by atoms with Gasteiger partial charge in [0.25, 0.3) is 0 Å². The van der Waals surface area contributed by atoms with Gasteiger partial charge in [0.05, 0.1) is 17.8 Å². The SMILES string of the molecule is O=S(=O)(c1cccc2nsnc12)N1CCC(O)CC1. The smallest absolute Gasteiger partial charge is 0.245 e. The van der Waals surface area contributed by atoms with Crippen molar-refractivity contribution in [2.75, 3.05) is 13.1 Å². The van der Waals surface area contributed by atoms with Gasteiger partial charge in [-0.1, -0.05) is 6.07 Å². The number of hydrogen-bond acceptors (Lipinski definition) is 6. The van der Waals surface area contributed by atoms with Crippen molar-refractivity contribution in [1.29, 1.82) is 0 Å². The van der Waals surface area contributed by atoms with E-state index in [1.807, 2.05) is 0 Å². The maximum absolute atomic E-state index is 12.6. The molecule has 1 saturated heterocycles. The van der Waals surface area contributed by atoms with Crippen LogP contribution in [0.3, 0.4) is 0 Å². The molecule has 3 rings (SSSR count). The van der Waals surface area contributed by atoms with Gasteiger partial charge in [-0.2, -0.15) is 13.1 Å². The largest absolute Gasteiger partial charge is 0.393 e. The van der Waals surface area contributed by atoms with Crippen LogP contribution in [-0.2, 0) is 10.0 Å². The van der Waals surface area contributed by atoms with E-state index in [-0.39, 0.29) is 4.90 Å². The van der Waals surface area contributed by atoms with Gasteiger partial charge >= 0.3 is 0 Å². The van der Waals surface area contributed by atoms with E-state index in [9.17, 15) is 13.5 Å². The Balaban J connectivity index is 2.02. The lowest BCUT2D eigenvalue weighted by Gasteiger charge is -2.28. The van der Waals surface area contributed by atoms with Crippen molar-refractivity contribution in [3.05, 3.63) is 18.2 Å². The molecule has 6 nitrogen and oxygen atoms in total. The second-order valence-electron chi connectivity index (χ2n) is 4.52. The van der Waals surface area contributed by atoms with Crippen LogP contribution in [0.15, 0.2) is 23.1 Å². The molecule has 1 aliphatic heterocycles. The molecule has 1 aliphatic rings. The molecule has 2 aromatic rings. The van der Waals surface area contributed by atoms with Crippen LogP contribution in [0.1, 0.15) is 12.8 Å². The van der Waals surface area contributed by atoms with Gasteiger partial charge in [0.1, 0.15) is 15.9 Å². The fourth-order valence-corrected chi connectivity index (χ4v) is 4.43. The average Bonchev–Trinajstić information content (AvgIpc) is 2.87. The monoisotopic (exact) mass is 299 g/mol. The van der Waals surface area contributed by atoms with E-state index in [1.54, 1.807) is 18.2 Å². The Hall–Kier alpha value is -1.09. The molecule has 1 N–H and O–H groups in total. The van der Waals surface area contributed by atoms with E-state index in [2.05, 4.69) is 8.75 Å². The third kappa shape index (κ3) is 2.25. The molecule has 0 amide bonds. The lowest BCUT2D eigenvalue weighted by molar-refractivity contribution is 0.113. The maximum Gasteiger partial charge on any atom is 0.245 e. The van der Waals surface area contributed by atoms with Crippen molar-refractivity contribution < 1.29 is 13.5 Å². The molecule has 0 atom stereocenters. The van der Waals surface area contributed by atoms with Gasteiger partial charge in [-0.3, -0.25) is 0 Å². The van der Waals surface area contributed by atoms with Crippen molar-refractivity contribution in [3.8, 4) is 0 Å². The van der Waals surface area contributed by atoms with Crippen molar-refractivity contribution >= 4 is 32.8 Å². The molecule has 1 fully saturated rings. The molecule has 0 aliphatic carbocycles. The van der Waals surface area contributed by atoms with E-state index in [4.69, 9.17) is 0 Å². The van der Waals surface area contributed by atoms with E-state index in [1.165, 1.54) is 4.31 Å². The van der Waals surface area contributed by atoms with Crippen LogP contribution in [0.25, 0.3) is 11.0 Å². The van der Waals surface area contributed by atoms with Gasteiger partial charge < -0.3 is 5.11 Å². The van der Waals surface area contributed by atoms with Gasteiger partial charge in [0.15, 0.2) is 0 Å². The summed E-state index contributed by atoms with van der Waals surface area (Å²) in [5.41, 5.74) is 1.03. The minimum Gasteiger partial charge on any atom is -0.393 e. The number of hydrogen-bond donors (Lipinski definition) is 1. The zero-order valence-electron chi connectivity index (χ0n) is 10.1. The molecule has 8 heteroatoms. The third-order valence-corrected chi connectivity index (χ3v) is 5.76. The summed E-state index contributed by atoms with van der Waals surface area (Å²) in [6.45, 7) is 0.689. The second-order valence-corrected chi connectivity index (χ2v) is 6.96. The number of benzene rings is 1. The Morgan fingerprint density at radius 2 is 2.00 bits per heavy atom. The molecule has 0 unspecified atom stereocenters. The zero-order chi connectivity index (χ0) is 13.5. The highest BCUT2D eigenvalue weighted by Crippen LogP contribution is 2.26. The number of aromatic nitrogens is 2. The van der Waals surface area contributed by atoms with Crippen molar-refractivity contribution in [2.24, 2.45) is 0 Å². The lowest BCUT2D eigenvalue weighted by Crippen LogP contribution is -2.40. The van der Waals surface area contributed by atoms with Crippen LogP contribution in [0, 0.1) is 0 Å². The summed E-state index contributed by atoms with van der Waals surface area (Å²) in [6.07, 6.45) is 0.554. The normalized spacial score (nSPS) is 19.0. The summed E-state index contributed by atoms with van der Waals surface area (Å²) < 4.78 is 34.7. The molecular formula is C11H13N3O3S2. The van der Waals surface area contributed by atoms with Crippen LogP contribution >= 0.6 is 11.7 Å². The number of nitrogens with zero attached hydrogens (tertiary/aromatic N) is 3. The number of fused-ring (bicyclic) bond motifs is 1. The Kier molecular flexibility index (Phi) is 3.25. The Labute approximate surface area is 115 Å². The summed E-state index contributed by atoms with van der Waals surface area (Å²) in [5, 5.41) is 9.46. The van der Waals surface area contributed by atoms with Crippen LogP contribution < -0.4 is 0 Å². The Bertz CT molecular complexity index is 690. The fraction of sp³-hybridized carbons (Fsp3) is 0.455. The van der Waals surface area contributed by atoms with Crippen molar-refractivity contribution in [1.82, 2.24) is 13.1 Å². The summed E-state index contributed by atoms with van der Waals surface area (Å²) in [7, 11) is -3.56. The molecule has 2 heterocycles. The van der Waals surface area contributed by atoms with Crippen molar-refractivity contribution in [2.45, 2.75) is 23.8 Å². The number of piperidine rings is 1. The molecule has 1 aromatic carbocycles. The number of rotatable bonds is 2. The van der Waals surface area contributed by atoms with E-state index in [0.29, 0.717) is 37.0 Å². The number of aliphatic hydroxyl groups excluding tert-OH is 1. The summed E-state index contributed by atoms with van der Waals surface area (Å²) in [6, 6.07) is 4.98. The first kappa shape index (κ1) is 12.9. The summed E-state index contributed by atoms with van der Waals surface area (Å²) in [4.78, 5) is 0.204. The third-order valence-electron chi connectivity index (χ3n) is 3.29. The molecule has 1 aromatic heterocycles. The van der Waals surface area contributed by atoms with Crippen LogP contribution in [0.5, 0.6) is 0 Å². The highest BCUT2D eigenvalue weighted by molar-refractivity contribution is 7.89. The van der Waals surface area contributed by atoms with Crippen LogP contribution in [0.4, 0.5) is 0 Å². The Morgan fingerprint density at radius 1 is 1.26 bits per heavy atom. The molecule has 0 radical (unpaired) electrons. The predicted octanol–water partition coefficient (Wildman–Crippen LogP) is 0.837. The van der Waals surface area contributed by atoms with Crippen molar-refractivity contribution in [3.63, 3.8) is 0 Å². The minimum atomic E-state index is -3.56. The molecule has 0 spiro atoms. The van der Waals surface area contributed by atoms with Gasteiger partial charge in [-0.25, -0.2) is 8.42 Å². The molecule has 0 bridgehead atoms. The maximum atomic E-state index is 12.6. The van der Waals surface area contributed by atoms with Crippen LogP contribution in [-0.4, -0.2) is 45.8 Å². The molecule has 19 heavy (non-hydrogen) atoms. The topological polar surface area (TPSA) is 83.4 Å². The highest BCUT2D eigenvalue weighted by atomic mass is 32.2. The summed E-state index contributed by atoms with van der Waals surface area (Å²) in [5.74, 6) is 0. The second kappa shape index (κ2) is 4.78. The van der Waals surface area contributed by atoms with E-state index < -0.39 is 16.1 Å². The summed E-state index contributed by atoms with van der Waals surface area (Å²) >= 11 is 1.01.